The van der Waals surface area contributed by atoms with E-state index in [9.17, 15) is 9.00 Å². The molecule has 5 saturated heterocycles. The number of nitrogens with zero attached hydrogens (tertiary/aromatic N) is 5. The lowest BCUT2D eigenvalue weighted by Crippen LogP contribution is -2.37. The Balaban J connectivity index is 0.000000113. The van der Waals surface area contributed by atoms with E-state index in [2.05, 4.69) is 320 Å². The maximum Gasteiger partial charge on any atom is 0.409 e. The number of benzene rings is 10. The second-order valence-electron chi connectivity index (χ2n) is 35.1. The molecule has 20 rings (SSSR count). The van der Waals surface area contributed by atoms with Crippen LogP contribution in [0.15, 0.2) is 313 Å². The van der Waals surface area contributed by atoms with Crippen LogP contribution in [0.25, 0.3) is 27.9 Å². The number of carbonyl (C=O) groups excluding carboxylic acids is 1. The molecule has 122 heavy (non-hydrogen) atoms. The number of piperidine rings is 5. The first-order chi connectivity index (χ1) is 59.1. The number of hydrogen-bond acceptors (Lipinski definition) is 11. The molecule has 0 aromatic heterocycles. The van der Waals surface area contributed by atoms with Gasteiger partial charge in [0.15, 0.2) is 0 Å². The van der Waals surface area contributed by atoms with Crippen LogP contribution in [0.3, 0.4) is 0 Å². The van der Waals surface area contributed by atoms with Crippen molar-refractivity contribution in [1.29, 1.82) is 0 Å². The normalized spacial score (nSPS) is 24.5. The molecule has 10 aromatic carbocycles. The molecule has 10 aromatic rings. The standard InChI is InChI=1S/C23H25NO2S.C22H25NS.C21H22ClNS.C21H23NOS.C21H23NS/c1-3-26-22(25)24-15-13-17(14-16-24)21-19-11-7-8-12-20(19)27-23(21,2)18-9-5-4-6-10-18;1-16-9-10-19-20(15-16)24-22(2,18-7-5-4-6-8-18)21(19)17-11-13-23(3)14-12-17;1-21(16-7-9-17(22)10-8-16)20(15-11-13-23(2)14-12-15)18-5-3-4-6-19(18)24-21;1-21(17-8-4-3-5-9-17)20(16-12-14-22(2)15-13-16)18-10-6-7-11-19(18)24(21)23;1-21(17-8-4-3-5-9-17)20(16-12-14-22(2)15-13-16)18-10-6-7-11-19(18)23-21/h4-12H,3,13-16H2,1-2H3;4-10,15H,11-14H2,1-3H3;3-10H,11-14H2,1-2H3;3-11H,12-15H2,1-2H3;3-11H,12-15H2,1-2H3. The maximum absolute atomic E-state index is 13.5. The molecular weight excluding hydrogens is 1610 g/mol. The third-order valence-corrected chi connectivity index (χ3v) is 34.8. The number of fused-ring (bicyclic) bond motifs is 5. The van der Waals surface area contributed by atoms with E-state index in [-0.39, 0.29) is 25.1 Å². The van der Waals surface area contributed by atoms with E-state index < -0.39 is 15.5 Å². The zero-order valence-electron chi connectivity index (χ0n) is 73.1. The molecule has 6 unspecified atom stereocenters. The summed E-state index contributed by atoms with van der Waals surface area (Å²) in [7, 11) is 7.80. The third-order valence-electron chi connectivity index (χ3n) is 27.0. The van der Waals surface area contributed by atoms with Gasteiger partial charge in [0.1, 0.15) is 0 Å². The fourth-order valence-electron chi connectivity index (χ4n) is 20.2. The number of ether oxygens (including phenoxy) is 1. The van der Waals surface area contributed by atoms with Crippen LogP contribution in [0.5, 0.6) is 0 Å². The van der Waals surface area contributed by atoms with E-state index in [4.69, 9.17) is 16.3 Å². The minimum absolute atomic E-state index is 0.0283. The molecule has 0 radical (unpaired) electrons. The van der Waals surface area contributed by atoms with Crippen molar-refractivity contribution in [3.63, 3.8) is 0 Å². The Labute approximate surface area is 751 Å². The predicted octanol–water partition coefficient (Wildman–Crippen LogP) is 26.4. The van der Waals surface area contributed by atoms with Gasteiger partial charge in [0, 0.05) is 94.9 Å². The summed E-state index contributed by atoms with van der Waals surface area (Å²) in [6.07, 6.45) is 10.9. The number of hydrogen-bond donors (Lipinski definition) is 0. The van der Waals surface area contributed by atoms with E-state index in [1.807, 2.05) is 89.2 Å². The lowest BCUT2D eigenvalue weighted by Gasteiger charge is -2.33. The van der Waals surface area contributed by atoms with E-state index in [0.29, 0.717) is 6.61 Å². The second-order valence-corrected chi connectivity index (χ2v) is 43.2. The smallest absolute Gasteiger partial charge is 0.409 e. The number of halogens is 1. The summed E-state index contributed by atoms with van der Waals surface area (Å²) in [5.74, 6) is 0. The van der Waals surface area contributed by atoms with Crippen LogP contribution < -0.4 is 0 Å². The van der Waals surface area contributed by atoms with Gasteiger partial charge in [-0.05, 0) is 272 Å². The highest BCUT2D eigenvalue weighted by Gasteiger charge is 2.50. The summed E-state index contributed by atoms with van der Waals surface area (Å²) in [6.45, 7) is 26.8. The molecule has 6 atom stereocenters. The average Bonchev–Trinajstić information content (AvgIpc) is 1.55. The van der Waals surface area contributed by atoms with Crippen molar-refractivity contribution in [2.45, 2.75) is 161 Å². The number of rotatable bonds is 6. The SMILES string of the molecule is CCOC(=O)N1CCC(=C2c3ccccc3SC2(C)c2ccccc2)CC1.CN1CCC(=C2c3ccccc3S(=O)C2(C)c2ccccc2)CC1.CN1CCC(=C2c3ccccc3SC2(C)c2ccc(Cl)cc2)CC1.CN1CCC(=C2c3ccccc3SC2(C)c2ccccc2)CC1.Cc1ccc2c(c1)SC(C)(c1ccccc1)C2=C1CCN(C)CC1. The fourth-order valence-corrected chi connectivity index (χ4v) is 28.1. The minimum atomic E-state index is -1.06. The maximum atomic E-state index is 13.5. The average molecular weight is 1730 g/mol. The summed E-state index contributed by atoms with van der Waals surface area (Å²) in [5.41, 5.74) is 30.3. The van der Waals surface area contributed by atoms with Crippen molar-refractivity contribution in [1.82, 2.24) is 24.5 Å². The summed E-state index contributed by atoms with van der Waals surface area (Å²) in [4.78, 5) is 30.2. The number of likely N-dealkylation sites (tertiary alicyclic amines) is 5. The van der Waals surface area contributed by atoms with Gasteiger partial charge in [-0.25, -0.2) is 4.79 Å². The van der Waals surface area contributed by atoms with Gasteiger partial charge in [0.2, 0.25) is 0 Å². The quantitative estimate of drug-likeness (QED) is 0.160. The molecule has 1 amide bonds. The largest absolute Gasteiger partial charge is 0.450 e. The highest BCUT2D eigenvalue weighted by Crippen LogP contribution is 2.65. The monoisotopic (exact) mass is 1730 g/mol. The van der Waals surface area contributed by atoms with Crippen LogP contribution in [0, 0.1) is 6.92 Å². The highest BCUT2D eigenvalue weighted by atomic mass is 35.5. The number of amides is 1. The molecule has 0 aliphatic carbocycles. The predicted molar refractivity (Wildman–Crippen MR) is 520 cm³/mol. The van der Waals surface area contributed by atoms with Gasteiger partial charge < -0.3 is 29.2 Å². The molecule has 10 heterocycles. The fraction of sp³-hybridized carbons (Fsp3) is 0.343. The Morgan fingerprint density at radius 2 is 0.631 bits per heavy atom. The van der Waals surface area contributed by atoms with Crippen LogP contribution in [0.1, 0.15) is 167 Å². The van der Waals surface area contributed by atoms with Gasteiger partial charge in [-0.3, -0.25) is 4.21 Å². The second kappa shape index (κ2) is 38.0. The third kappa shape index (κ3) is 17.8. The van der Waals surface area contributed by atoms with E-state index >= 15 is 0 Å². The van der Waals surface area contributed by atoms with Crippen molar-refractivity contribution < 1.29 is 13.7 Å². The van der Waals surface area contributed by atoms with E-state index in [1.54, 1.807) is 33.4 Å². The van der Waals surface area contributed by atoms with Crippen LogP contribution in [0.4, 0.5) is 4.79 Å². The van der Waals surface area contributed by atoms with Crippen LogP contribution in [-0.2, 0) is 39.3 Å². The first-order valence-corrected chi connectivity index (χ1v) is 48.8. The first-order valence-electron chi connectivity index (χ1n) is 44.0. The molecule has 10 aliphatic heterocycles. The molecule has 14 heteroatoms. The zero-order valence-corrected chi connectivity index (χ0v) is 77.9. The molecule has 630 valence electrons. The summed E-state index contributed by atoms with van der Waals surface area (Å²) >= 11 is 14.1. The Hall–Kier alpha value is -8.15. The van der Waals surface area contributed by atoms with Gasteiger partial charge in [-0.1, -0.05) is 258 Å². The van der Waals surface area contributed by atoms with Gasteiger partial charge in [0.05, 0.1) is 41.1 Å². The lowest BCUT2D eigenvalue weighted by atomic mass is 9.81. The van der Waals surface area contributed by atoms with E-state index in [1.165, 1.54) is 162 Å². The Kier molecular flexibility index (Phi) is 27.2. The van der Waals surface area contributed by atoms with Crippen molar-refractivity contribution in [3.05, 3.63) is 355 Å². The van der Waals surface area contributed by atoms with Gasteiger partial charge >= 0.3 is 6.09 Å². The number of carbonyl (C=O) groups is 1. The first kappa shape index (κ1) is 87.3. The molecule has 5 fully saturated rings. The molecule has 0 saturated carbocycles. The molecule has 0 spiro atoms. The van der Waals surface area contributed by atoms with Crippen molar-refractivity contribution in [2.75, 3.05) is 100 Å². The molecule has 0 bridgehead atoms. The van der Waals surface area contributed by atoms with E-state index in [0.717, 1.165) is 80.4 Å². The van der Waals surface area contributed by atoms with Crippen molar-refractivity contribution in [3.8, 4) is 0 Å². The van der Waals surface area contributed by atoms with Gasteiger partial charge in [-0.2, -0.15) is 0 Å². The van der Waals surface area contributed by atoms with Crippen LogP contribution in [-0.4, -0.2) is 135 Å². The van der Waals surface area contributed by atoms with Crippen molar-refractivity contribution in [2.24, 2.45) is 0 Å². The lowest BCUT2D eigenvalue weighted by molar-refractivity contribution is 0.104. The Morgan fingerprint density at radius 1 is 0.344 bits per heavy atom. The van der Waals surface area contributed by atoms with Crippen LogP contribution in [0.2, 0.25) is 5.02 Å². The number of thioether (sulfide) groups is 4. The van der Waals surface area contributed by atoms with Gasteiger partial charge in [-0.15, -0.1) is 47.0 Å². The highest BCUT2D eigenvalue weighted by molar-refractivity contribution is 8.02. The zero-order chi connectivity index (χ0) is 84.9. The molecule has 0 N–H and O–H groups in total. The Bertz CT molecular complexity index is 5610. The molecular formula is C108H118ClN5O3S5. The van der Waals surface area contributed by atoms with Crippen molar-refractivity contribution >= 4 is 103 Å². The van der Waals surface area contributed by atoms with Crippen LogP contribution >= 0.6 is 58.6 Å². The summed E-state index contributed by atoms with van der Waals surface area (Å²) in [6, 6.07) is 93.4. The number of aryl methyl sites for hydroxylation is 1. The van der Waals surface area contributed by atoms with Gasteiger partial charge in [0.25, 0.3) is 0 Å². The molecule has 10 aliphatic rings. The Morgan fingerprint density at radius 3 is 0.992 bits per heavy atom. The minimum Gasteiger partial charge on any atom is -0.450 e. The topological polar surface area (TPSA) is 59.6 Å². The molecule has 8 nitrogen and oxygen atoms in total. The summed E-state index contributed by atoms with van der Waals surface area (Å²) in [5, 5.41) is 0.802. The summed E-state index contributed by atoms with van der Waals surface area (Å²) < 4.78 is 18.2.